The van der Waals surface area contributed by atoms with Crippen LogP contribution in [0, 0.1) is 6.92 Å². The van der Waals surface area contributed by atoms with Crippen LogP contribution in [0.1, 0.15) is 35.8 Å². The highest BCUT2D eigenvalue weighted by molar-refractivity contribution is 6.33. The summed E-state index contributed by atoms with van der Waals surface area (Å²) in [6.45, 7) is 1.95. The quantitative estimate of drug-likeness (QED) is 0.500. The van der Waals surface area contributed by atoms with Crippen LogP contribution in [0.3, 0.4) is 0 Å². The number of nitrogens with one attached hydrogen (secondary N) is 1. The average molecular weight is 438 g/mol. The maximum Gasteiger partial charge on any atom is 0.335 e. The first kappa shape index (κ1) is 20.9. The summed E-state index contributed by atoms with van der Waals surface area (Å²) in [6.07, 6.45) is 1.60. The van der Waals surface area contributed by atoms with Crippen LogP contribution in [0.25, 0.3) is 11.1 Å². The minimum atomic E-state index is -1.03. The van der Waals surface area contributed by atoms with E-state index in [4.69, 9.17) is 21.4 Å². The van der Waals surface area contributed by atoms with Gasteiger partial charge in [-0.25, -0.2) is 4.79 Å². The van der Waals surface area contributed by atoms with Crippen molar-refractivity contribution in [1.82, 2.24) is 0 Å². The lowest BCUT2D eigenvalue weighted by Gasteiger charge is -2.17. The number of carbonyl (C=O) groups is 2. The molecule has 0 unspecified atom stereocenters. The number of hydrogen-bond donors (Lipinski definition) is 2. The van der Waals surface area contributed by atoms with Crippen LogP contribution in [-0.4, -0.2) is 24.1 Å². The predicted molar refractivity (Wildman–Crippen MR) is 123 cm³/mol. The maximum absolute atomic E-state index is 13.1. The Balaban J connectivity index is 0.00000289. The molecule has 1 amide bonds. The molecule has 0 aromatic heterocycles. The Morgan fingerprint density at radius 2 is 1.74 bits per heavy atom. The number of ether oxygens (including phenoxy) is 1. The van der Waals surface area contributed by atoms with Gasteiger partial charge in [0.05, 0.1) is 18.1 Å². The molecule has 2 N–H and O–H groups in total. The lowest BCUT2D eigenvalue weighted by atomic mass is 9.94. The van der Waals surface area contributed by atoms with Gasteiger partial charge in [-0.2, -0.15) is 0 Å². The topological polar surface area (TPSA) is 75.6 Å². The summed E-state index contributed by atoms with van der Waals surface area (Å²) in [5.41, 5.74) is 3.79. The van der Waals surface area contributed by atoms with Gasteiger partial charge >= 0.3 is 5.97 Å². The fraction of sp³-hybridized carbons (Fsp3) is 0.200. The van der Waals surface area contributed by atoms with Gasteiger partial charge in [-0.1, -0.05) is 35.9 Å². The van der Waals surface area contributed by atoms with E-state index in [1.54, 1.807) is 13.2 Å². The van der Waals surface area contributed by atoms with Crippen molar-refractivity contribution < 1.29 is 20.9 Å². The number of carboxylic acid groups (broad SMARTS) is 1. The molecule has 5 nitrogen and oxygen atoms in total. The molecule has 4 rings (SSSR count). The minimum Gasteiger partial charge on any atom is -0.497 e. The zero-order valence-electron chi connectivity index (χ0n) is 17.2. The monoisotopic (exact) mass is 437 g/mol. The second-order valence-electron chi connectivity index (χ2n) is 7.79. The van der Waals surface area contributed by atoms with Gasteiger partial charge in [0.15, 0.2) is 0 Å². The third-order valence-corrected chi connectivity index (χ3v) is 6.14. The SMILES string of the molecule is COc1ccc(C2(C(=O)Nc3ccc(C)c(-c4ccc(C(=O)O)cc4Cl)c3)CC2)cc1.[HH]. The number of rotatable bonds is 6. The molecule has 0 heterocycles. The van der Waals surface area contributed by atoms with Gasteiger partial charge in [-0.15, -0.1) is 0 Å². The summed E-state index contributed by atoms with van der Waals surface area (Å²) >= 11 is 6.36. The number of benzene rings is 3. The number of amides is 1. The largest absolute Gasteiger partial charge is 0.497 e. The highest BCUT2D eigenvalue weighted by Crippen LogP contribution is 2.49. The van der Waals surface area contributed by atoms with Gasteiger partial charge in [0.1, 0.15) is 5.75 Å². The fourth-order valence-electron chi connectivity index (χ4n) is 3.79. The predicted octanol–water partition coefficient (Wildman–Crippen LogP) is 5.94. The van der Waals surface area contributed by atoms with Crippen molar-refractivity contribution in [2.45, 2.75) is 25.2 Å². The van der Waals surface area contributed by atoms with Gasteiger partial charge in [-0.05, 0) is 72.9 Å². The van der Waals surface area contributed by atoms with Gasteiger partial charge < -0.3 is 15.2 Å². The standard InChI is InChI=1S/C25H22ClNO4.H2/c1-15-3-7-18(14-21(15)20-10-4-16(23(28)29)13-22(20)26)27-24(30)25(11-12-25)17-5-8-19(31-2)9-6-17;/h3-10,13-14H,11-12H2,1-2H3,(H,27,30)(H,28,29);1H. The highest BCUT2D eigenvalue weighted by atomic mass is 35.5. The highest BCUT2D eigenvalue weighted by Gasteiger charge is 2.51. The number of anilines is 1. The summed E-state index contributed by atoms with van der Waals surface area (Å²) in [5.74, 6) is -0.312. The van der Waals surface area contributed by atoms with E-state index in [-0.39, 0.29) is 12.9 Å². The van der Waals surface area contributed by atoms with Crippen molar-refractivity contribution in [3.8, 4) is 16.9 Å². The molecule has 1 fully saturated rings. The van der Waals surface area contributed by atoms with Gasteiger partial charge in [0, 0.05) is 17.7 Å². The van der Waals surface area contributed by atoms with Crippen LogP contribution in [-0.2, 0) is 10.2 Å². The Morgan fingerprint density at radius 1 is 1.03 bits per heavy atom. The van der Waals surface area contributed by atoms with E-state index in [0.717, 1.165) is 40.8 Å². The summed E-state index contributed by atoms with van der Waals surface area (Å²) in [7, 11) is 1.62. The molecule has 0 spiro atoms. The van der Waals surface area contributed by atoms with Crippen molar-refractivity contribution in [1.29, 1.82) is 0 Å². The van der Waals surface area contributed by atoms with Crippen LogP contribution >= 0.6 is 11.6 Å². The second kappa shape index (κ2) is 8.08. The van der Waals surface area contributed by atoms with Gasteiger partial charge in [0.25, 0.3) is 0 Å². The first-order valence-corrected chi connectivity index (χ1v) is 10.3. The molecule has 1 aliphatic carbocycles. The molecular weight excluding hydrogens is 414 g/mol. The first-order valence-electron chi connectivity index (χ1n) is 9.94. The Bertz CT molecular complexity index is 1170. The van der Waals surface area contributed by atoms with Gasteiger partial charge in [0.2, 0.25) is 5.91 Å². The normalized spacial score (nSPS) is 14.0. The van der Waals surface area contributed by atoms with E-state index in [1.165, 1.54) is 12.1 Å². The Morgan fingerprint density at radius 3 is 2.32 bits per heavy atom. The van der Waals surface area contributed by atoms with E-state index < -0.39 is 11.4 Å². The molecule has 1 saturated carbocycles. The third-order valence-electron chi connectivity index (χ3n) is 5.83. The molecule has 0 radical (unpaired) electrons. The number of hydrogen-bond acceptors (Lipinski definition) is 3. The van der Waals surface area contributed by atoms with Crippen molar-refractivity contribution in [2.24, 2.45) is 0 Å². The van der Waals surface area contributed by atoms with E-state index in [2.05, 4.69) is 5.32 Å². The van der Waals surface area contributed by atoms with E-state index >= 15 is 0 Å². The minimum absolute atomic E-state index is 0. The summed E-state index contributed by atoms with van der Waals surface area (Å²) in [5, 5.41) is 12.6. The lowest BCUT2D eigenvalue weighted by Crippen LogP contribution is -2.27. The van der Waals surface area contributed by atoms with E-state index in [0.29, 0.717) is 10.7 Å². The van der Waals surface area contributed by atoms with Crippen LogP contribution in [0.15, 0.2) is 60.7 Å². The van der Waals surface area contributed by atoms with E-state index in [1.807, 2.05) is 49.4 Å². The number of methoxy groups -OCH3 is 1. The first-order chi connectivity index (χ1) is 14.8. The van der Waals surface area contributed by atoms with E-state index in [9.17, 15) is 9.59 Å². The molecule has 0 atom stereocenters. The number of aryl methyl sites for hydroxylation is 1. The fourth-order valence-corrected chi connectivity index (χ4v) is 4.07. The van der Waals surface area contributed by atoms with Crippen molar-refractivity contribution in [3.05, 3.63) is 82.4 Å². The Kier molecular flexibility index (Phi) is 5.46. The second-order valence-corrected chi connectivity index (χ2v) is 8.20. The lowest BCUT2D eigenvalue weighted by molar-refractivity contribution is -0.118. The van der Waals surface area contributed by atoms with Gasteiger partial charge in [-0.3, -0.25) is 4.79 Å². The Labute approximate surface area is 187 Å². The van der Waals surface area contributed by atoms with Crippen molar-refractivity contribution in [2.75, 3.05) is 12.4 Å². The molecule has 1 aliphatic rings. The van der Waals surface area contributed by atoms with Crippen LogP contribution < -0.4 is 10.1 Å². The number of aromatic carboxylic acids is 1. The molecular formula is C25H24ClNO4. The molecule has 0 saturated heterocycles. The Hall–Kier alpha value is -3.31. The zero-order chi connectivity index (χ0) is 22.2. The van der Waals surface area contributed by atoms with Crippen LogP contribution in [0.2, 0.25) is 5.02 Å². The number of carboxylic acids is 1. The zero-order valence-corrected chi connectivity index (χ0v) is 18.0. The molecule has 0 bridgehead atoms. The number of halogens is 1. The summed E-state index contributed by atoms with van der Waals surface area (Å²) in [6, 6.07) is 17.9. The third kappa shape index (κ3) is 4.01. The molecule has 3 aromatic carbocycles. The molecule has 31 heavy (non-hydrogen) atoms. The molecule has 160 valence electrons. The summed E-state index contributed by atoms with van der Waals surface area (Å²) < 4.78 is 5.21. The molecule has 6 heteroatoms. The smallest absolute Gasteiger partial charge is 0.335 e. The van der Waals surface area contributed by atoms with Crippen LogP contribution in [0.5, 0.6) is 5.75 Å². The summed E-state index contributed by atoms with van der Waals surface area (Å²) in [4.78, 5) is 24.3. The van der Waals surface area contributed by atoms with Crippen molar-refractivity contribution >= 4 is 29.2 Å². The maximum atomic E-state index is 13.1. The van der Waals surface area contributed by atoms with Crippen LogP contribution in [0.4, 0.5) is 5.69 Å². The average Bonchev–Trinajstić information content (AvgIpc) is 3.57. The molecule has 0 aliphatic heterocycles. The van der Waals surface area contributed by atoms with Crippen molar-refractivity contribution in [3.63, 3.8) is 0 Å². The molecule has 3 aromatic rings. The number of carbonyl (C=O) groups excluding carboxylic acids is 1.